The van der Waals surface area contributed by atoms with Crippen LogP contribution in [0.4, 0.5) is 11.4 Å². The van der Waals surface area contributed by atoms with Crippen molar-refractivity contribution >= 4 is 23.2 Å². The molecule has 0 atom stereocenters. The van der Waals surface area contributed by atoms with Gasteiger partial charge in [-0.25, -0.2) is 0 Å². The second-order valence-corrected chi connectivity index (χ2v) is 8.14. The number of hydrogen-bond acceptors (Lipinski definition) is 5. The van der Waals surface area contributed by atoms with Gasteiger partial charge in [0.2, 0.25) is 0 Å². The predicted molar refractivity (Wildman–Crippen MR) is 138 cm³/mol. The SMILES string of the molecule is CCCCn1nc(C)c(NC(=O)c2ccc(NC(=O)c3ccc(OCC)c(OCC)c3)cc2)c1C. The monoisotopic (exact) mass is 478 g/mol. The van der Waals surface area contributed by atoms with E-state index in [4.69, 9.17) is 9.47 Å². The number of ether oxygens (including phenoxy) is 2. The summed E-state index contributed by atoms with van der Waals surface area (Å²) in [5, 5.41) is 10.4. The molecule has 1 aromatic heterocycles. The number of nitrogens with one attached hydrogen (secondary N) is 2. The molecule has 0 aliphatic heterocycles. The summed E-state index contributed by atoms with van der Waals surface area (Å²) in [5.74, 6) is 0.620. The van der Waals surface area contributed by atoms with Crippen LogP contribution in [0.15, 0.2) is 42.5 Å². The number of anilines is 2. The first kappa shape index (κ1) is 25.8. The number of carbonyl (C=O) groups is 2. The molecule has 0 spiro atoms. The summed E-state index contributed by atoms with van der Waals surface area (Å²) < 4.78 is 13.1. The Morgan fingerprint density at radius 1 is 0.857 bits per heavy atom. The Balaban J connectivity index is 1.67. The second kappa shape index (κ2) is 12.1. The third-order valence-corrected chi connectivity index (χ3v) is 5.55. The van der Waals surface area contributed by atoms with Gasteiger partial charge in [-0.2, -0.15) is 5.10 Å². The van der Waals surface area contributed by atoms with Gasteiger partial charge in [0.25, 0.3) is 11.8 Å². The first-order valence-corrected chi connectivity index (χ1v) is 12.0. The van der Waals surface area contributed by atoms with Crippen LogP contribution in [0.25, 0.3) is 0 Å². The average molecular weight is 479 g/mol. The van der Waals surface area contributed by atoms with Gasteiger partial charge in [0.1, 0.15) is 0 Å². The molecule has 0 radical (unpaired) electrons. The van der Waals surface area contributed by atoms with E-state index in [9.17, 15) is 9.59 Å². The molecule has 0 saturated heterocycles. The number of aryl methyl sites for hydroxylation is 2. The fourth-order valence-corrected chi connectivity index (χ4v) is 3.69. The quantitative estimate of drug-likeness (QED) is 0.374. The van der Waals surface area contributed by atoms with Crippen molar-refractivity contribution in [3.05, 3.63) is 65.0 Å². The third-order valence-electron chi connectivity index (χ3n) is 5.55. The van der Waals surface area contributed by atoms with E-state index in [0.717, 1.165) is 36.5 Å². The highest BCUT2D eigenvalue weighted by Crippen LogP contribution is 2.29. The lowest BCUT2D eigenvalue weighted by Gasteiger charge is -2.12. The molecule has 0 aliphatic rings. The van der Waals surface area contributed by atoms with E-state index < -0.39 is 0 Å². The molecule has 186 valence electrons. The van der Waals surface area contributed by atoms with Crippen LogP contribution in [0.2, 0.25) is 0 Å². The number of rotatable bonds is 11. The first-order chi connectivity index (χ1) is 16.9. The van der Waals surface area contributed by atoms with Gasteiger partial charge in [0.15, 0.2) is 11.5 Å². The molecule has 3 aromatic rings. The summed E-state index contributed by atoms with van der Waals surface area (Å²) in [6.07, 6.45) is 2.11. The average Bonchev–Trinajstić information content (AvgIpc) is 3.11. The predicted octanol–water partition coefficient (Wildman–Crippen LogP) is 5.60. The minimum atomic E-state index is -0.281. The van der Waals surface area contributed by atoms with E-state index in [1.54, 1.807) is 42.5 Å². The zero-order valence-electron chi connectivity index (χ0n) is 21.1. The highest BCUT2D eigenvalue weighted by atomic mass is 16.5. The van der Waals surface area contributed by atoms with E-state index >= 15 is 0 Å². The smallest absolute Gasteiger partial charge is 0.255 e. The molecule has 0 bridgehead atoms. The highest BCUT2D eigenvalue weighted by Gasteiger charge is 2.16. The highest BCUT2D eigenvalue weighted by molar-refractivity contribution is 6.06. The summed E-state index contributed by atoms with van der Waals surface area (Å²) in [6.45, 7) is 11.6. The molecule has 0 saturated carbocycles. The van der Waals surface area contributed by atoms with Gasteiger partial charge < -0.3 is 20.1 Å². The fourth-order valence-electron chi connectivity index (χ4n) is 3.69. The number of aromatic nitrogens is 2. The van der Waals surface area contributed by atoms with E-state index in [1.807, 2.05) is 32.4 Å². The second-order valence-electron chi connectivity index (χ2n) is 8.14. The van der Waals surface area contributed by atoms with Crippen LogP contribution in [0.3, 0.4) is 0 Å². The Hall–Kier alpha value is -3.81. The largest absolute Gasteiger partial charge is 0.490 e. The summed E-state index contributed by atoms with van der Waals surface area (Å²) in [7, 11) is 0. The number of amides is 2. The van der Waals surface area contributed by atoms with E-state index in [2.05, 4.69) is 22.7 Å². The standard InChI is InChI=1S/C27H34N4O4/c1-6-9-16-31-19(5)25(18(4)30-31)29-26(32)20-10-13-22(14-11-20)28-27(33)21-12-15-23(34-7-2)24(17-21)35-8-3/h10-15,17H,6-9,16H2,1-5H3,(H,28,33)(H,29,32). The summed E-state index contributed by atoms with van der Waals surface area (Å²) in [6, 6.07) is 11.9. The summed E-state index contributed by atoms with van der Waals surface area (Å²) in [5.41, 5.74) is 3.99. The minimum Gasteiger partial charge on any atom is -0.490 e. The molecule has 35 heavy (non-hydrogen) atoms. The Kier molecular flexibility index (Phi) is 8.89. The van der Waals surface area contributed by atoms with Gasteiger partial charge in [-0.05, 0) is 76.6 Å². The maximum absolute atomic E-state index is 12.8. The number of carbonyl (C=O) groups excluding carboxylic acids is 2. The van der Waals surface area contributed by atoms with Gasteiger partial charge in [0.05, 0.1) is 30.3 Å². The van der Waals surface area contributed by atoms with Crippen LogP contribution in [-0.2, 0) is 6.54 Å². The van der Waals surface area contributed by atoms with Crippen LogP contribution in [0.1, 0.15) is 65.7 Å². The maximum atomic E-state index is 12.8. The van der Waals surface area contributed by atoms with Crippen molar-refractivity contribution in [3.63, 3.8) is 0 Å². The van der Waals surface area contributed by atoms with Crippen molar-refractivity contribution in [3.8, 4) is 11.5 Å². The van der Waals surface area contributed by atoms with Crippen molar-refractivity contribution in [2.24, 2.45) is 0 Å². The van der Waals surface area contributed by atoms with Crippen LogP contribution in [-0.4, -0.2) is 34.8 Å². The lowest BCUT2D eigenvalue weighted by Crippen LogP contribution is -2.14. The number of benzene rings is 2. The minimum absolute atomic E-state index is 0.225. The maximum Gasteiger partial charge on any atom is 0.255 e. The lowest BCUT2D eigenvalue weighted by atomic mass is 10.1. The molecule has 1 heterocycles. The zero-order chi connectivity index (χ0) is 25.4. The number of unbranched alkanes of at least 4 members (excludes halogenated alkanes) is 1. The molecule has 0 unspecified atom stereocenters. The summed E-state index contributed by atoms with van der Waals surface area (Å²) >= 11 is 0. The molecular weight excluding hydrogens is 444 g/mol. The Morgan fingerprint density at radius 2 is 1.49 bits per heavy atom. The Bertz CT molecular complexity index is 1170. The van der Waals surface area contributed by atoms with Crippen molar-refractivity contribution in [2.75, 3.05) is 23.8 Å². The molecule has 8 nitrogen and oxygen atoms in total. The summed E-state index contributed by atoms with van der Waals surface area (Å²) in [4.78, 5) is 25.6. The third kappa shape index (κ3) is 6.41. The van der Waals surface area contributed by atoms with Crippen molar-refractivity contribution < 1.29 is 19.1 Å². The van der Waals surface area contributed by atoms with Gasteiger partial charge in [-0.1, -0.05) is 13.3 Å². The molecule has 3 rings (SSSR count). The molecule has 2 N–H and O–H groups in total. The van der Waals surface area contributed by atoms with Gasteiger partial charge in [-0.3, -0.25) is 14.3 Å². The molecule has 8 heteroatoms. The van der Waals surface area contributed by atoms with Crippen LogP contribution in [0, 0.1) is 13.8 Å². The molecular formula is C27H34N4O4. The molecule has 2 aromatic carbocycles. The van der Waals surface area contributed by atoms with E-state index in [-0.39, 0.29) is 11.8 Å². The Morgan fingerprint density at radius 3 is 2.14 bits per heavy atom. The van der Waals surface area contributed by atoms with Crippen molar-refractivity contribution in [1.82, 2.24) is 9.78 Å². The van der Waals surface area contributed by atoms with E-state index in [0.29, 0.717) is 41.5 Å². The fraction of sp³-hybridized carbons (Fsp3) is 0.370. The topological polar surface area (TPSA) is 94.5 Å². The zero-order valence-corrected chi connectivity index (χ0v) is 21.1. The lowest BCUT2D eigenvalue weighted by molar-refractivity contribution is 0.101. The van der Waals surface area contributed by atoms with Gasteiger partial charge >= 0.3 is 0 Å². The van der Waals surface area contributed by atoms with Crippen LogP contribution >= 0.6 is 0 Å². The van der Waals surface area contributed by atoms with Crippen molar-refractivity contribution in [2.45, 2.75) is 54.0 Å². The normalized spacial score (nSPS) is 10.7. The molecule has 0 fully saturated rings. The Labute approximate surface area is 206 Å². The van der Waals surface area contributed by atoms with Crippen molar-refractivity contribution in [1.29, 1.82) is 0 Å². The van der Waals surface area contributed by atoms with E-state index in [1.165, 1.54) is 0 Å². The molecule has 0 aliphatic carbocycles. The number of nitrogens with zero attached hydrogens (tertiary/aromatic N) is 2. The molecule has 2 amide bonds. The van der Waals surface area contributed by atoms with Crippen LogP contribution < -0.4 is 20.1 Å². The van der Waals surface area contributed by atoms with Crippen LogP contribution in [0.5, 0.6) is 11.5 Å². The van der Waals surface area contributed by atoms with Gasteiger partial charge in [-0.15, -0.1) is 0 Å². The first-order valence-electron chi connectivity index (χ1n) is 12.0. The number of hydrogen-bond donors (Lipinski definition) is 2. The van der Waals surface area contributed by atoms with Gasteiger partial charge in [0, 0.05) is 23.4 Å².